The summed E-state index contributed by atoms with van der Waals surface area (Å²) in [5.74, 6) is -1.43. The summed E-state index contributed by atoms with van der Waals surface area (Å²) in [7, 11) is 0. The van der Waals surface area contributed by atoms with Crippen LogP contribution in [0.1, 0.15) is 33.4 Å². The molecule has 1 N–H and O–H groups in total. The van der Waals surface area contributed by atoms with Crippen molar-refractivity contribution in [3.8, 4) is 11.3 Å². The Morgan fingerprint density at radius 3 is 2.42 bits per heavy atom. The second kappa shape index (κ2) is 9.08. The molecule has 1 aromatic heterocycles. The van der Waals surface area contributed by atoms with Crippen molar-refractivity contribution in [2.24, 2.45) is 0 Å². The number of rotatable bonds is 4. The minimum atomic E-state index is -4.64. The predicted octanol–water partition coefficient (Wildman–Crippen LogP) is 6.65. The Balaban J connectivity index is 1.71. The van der Waals surface area contributed by atoms with Gasteiger partial charge in [-0.1, -0.05) is 60.1 Å². The van der Waals surface area contributed by atoms with Crippen LogP contribution in [-0.4, -0.2) is 16.1 Å². The standard InChI is InChI=1S/C28H17ClF3NO2S/c1-15-18-6-2-3-7-19(18)25(26-33-24(14-36-26)20-8-4-5-9-23(20)29)21(15)12-16-10-11-17(28(30,31)32)13-22(16)27(34)35/h2-14H,1H3,(H,34,35)/b21-12+. The number of allylic oxidation sites excluding steroid dienone is 1. The summed E-state index contributed by atoms with van der Waals surface area (Å²) in [6.07, 6.45) is -3.01. The lowest BCUT2D eigenvalue weighted by atomic mass is 9.96. The van der Waals surface area contributed by atoms with Crippen molar-refractivity contribution >= 4 is 46.1 Å². The first-order chi connectivity index (χ1) is 17.1. The number of carbonyl (C=O) groups is 1. The molecule has 0 amide bonds. The molecule has 0 bridgehead atoms. The zero-order chi connectivity index (χ0) is 25.6. The highest BCUT2D eigenvalue weighted by Crippen LogP contribution is 2.37. The van der Waals surface area contributed by atoms with Crippen molar-refractivity contribution in [1.29, 1.82) is 0 Å². The lowest BCUT2D eigenvalue weighted by molar-refractivity contribution is -0.137. The summed E-state index contributed by atoms with van der Waals surface area (Å²) in [5.41, 5.74) is 2.62. The van der Waals surface area contributed by atoms with Gasteiger partial charge in [0.2, 0.25) is 0 Å². The second-order valence-electron chi connectivity index (χ2n) is 8.23. The van der Waals surface area contributed by atoms with Crippen molar-refractivity contribution in [3.63, 3.8) is 0 Å². The molecule has 0 saturated carbocycles. The highest BCUT2D eigenvalue weighted by Gasteiger charge is 2.32. The Hall–Kier alpha value is -3.68. The number of benzene rings is 3. The van der Waals surface area contributed by atoms with E-state index in [2.05, 4.69) is 0 Å². The smallest absolute Gasteiger partial charge is 0.416 e. The van der Waals surface area contributed by atoms with Gasteiger partial charge in [-0.3, -0.25) is 0 Å². The fourth-order valence-corrected chi connectivity index (χ4v) is 5.42. The summed E-state index contributed by atoms with van der Waals surface area (Å²) in [5, 5.41) is 14.7. The number of halogens is 4. The molecule has 0 saturated heterocycles. The third-order valence-electron chi connectivity index (χ3n) is 6.05. The van der Waals surface area contributed by atoms with Crippen molar-refractivity contribution in [1.82, 2.24) is 4.98 Å². The largest absolute Gasteiger partial charge is 0.478 e. The van der Waals surface area contributed by atoms with E-state index in [9.17, 15) is 23.1 Å². The molecule has 8 heteroatoms. The molecule has 5 rings (SSSR count). The minimum Gasteiger partial charge on any atom is -0.478 e. The van der Waals surface area contributed by atoms with Crippen LogP contribution < -0.4 is 10.4 Å². The van der Waals surface area contributed by atoms with Gasteiger partial charge >= 0.3 is 12.1 Å². The van der Waals surface area contributed by atoms with Crippen molar-refractivity contribution < 1.29 is 23.1 Å². The lowest BCUT2D eigenvalue weighted by Crippen LogP contribution is -2.23. The molecule has 0 spiro atoms. The van der Waals surface area contributed by atoms with Crippen molar-refractivity contribution in [2.45, 2.75) is 13.1 Å². The zero-order valence-electron chi connectivity index (χ0n) is 18.7. The first kappa shape index (κ1) is 24.0. The average Bonchev–Trinajstić information content (AvgIpc) is 3.42. The Labute approximate surface area is 213 Å². The number of hydrogen-bond donors (Lipinski definition) is 1. The van der Waals surface area contributed by atoms with Crippen LogP contribution in [0.5, 0.6) is 0 Å². The minimum absolute atomic E-state index is 0.179. The van der Waals surface area contributed by atoms with Crippen molar-refractivity contribution in [2.75, 3.05) is 0 Å². The number of thiazole rings is 1. The van der Waals surface area contributed by atoms with Gasteiger partial charge < -0.3 is 5.11 Å². The fourth-order valence-electron chi connectivity index (χ4n) is 4.30. The van der Waals surface area contributed by atoms with Gasteiger partial charge in [-0.2, -0.15) is 13.2 Å². The summed E-state index contributed by atoms with van der Waals surface area (Å²) in [4.78, 5) is 16.7. The van der Waals surface area contributed by atoms with E-state index in [-0.39, 0.29) is 5.56 Å². The molecule has 0 unspecified atom stereocenters. The van der Waals surface area contributed by atoms with Crippen LogP contribution in [-0.2, 0) is 6.18 Å². The summed E-state index contributed by atoms with van der Waals surface area (Å²) < 4.78 is 39.7. The zero-order valence-corrected chi connectivity index (χ0v) is 20.3. The van der Waals surface area contributed by atoms with Gasteiger partial charge in [-0.05, 0) is 58.3 Å². The second-order valence-corrected chi connectivity index (χ2v) is 9.49. The molecule has 0 radical (unpaired) electrons. The van der Waals surface area contributed by atoms with Crippen LogP contribution >= 0.6 is 22.9 Å². The number of aromatic carboxylic acids is 1. The Bertz CT molecular complexity index is 1690. The van der Waals surface area contributed by atoms with Gasteiger partial charge in [0.25, 0.3) is 0 Å². The highest BCUT2D eigenvalue weighted by molar-refractivity contribution is 7.11. The molecule has 1 aliphatic rings. The molecule has 1 heterocycles. The molecule has 3 aromatic carbocycles. The number of alkyl halides is 3. The van der Waals surface area contributed by atoms with Crippen LogP contribution in [0.25, 0.3) is 28.5 Å². The molecule has 0 atom stereocenters. The first-order valence-corrected chi connectivity index (χ1v) is 12.1. The van der Waals surface area contributed by atoms with Gasteiger partial charge in [-0.15, -0.1) is 11.3 Å². The topological polar surface area (TPSA) is 50.2 Å². The summed E-state index contributed by atoms with van der Waals surface area (Å²) >= 11 is 7.79. The molecule has 3 nitrogen and oxygen atoms in total. The van der Waals surface area contributed by atoms with E-state index in [0.29, 0.717) is 27.4 Å². The van der Waals surface area contributed by atoms with Gasteiger partial charge in [0.05, 0.1) is 16.8 Å². The van der Waals surface area contributed by atoms with Crippen molar-refractivity contribution in [3.05, 3.63) is 115 Å². The van der Waals surface area contributed by atoms with E-state index < -0.39 is 23.3 Å². The van der Waals surface area contributed by atoms with Crippen LogP contribution in [0.4, 0.5) is 13.2 Å². The maximum Gasteiger partial charge on any atom is 0.416 e. The van der Waals surface area contributed by atoms with Gasteiger partial charge in [-0.25, -0.2) is 9.78 Å². The maximum absolute atomic E-state index is 13.2. The third kappa shape index (κ3) is 4.25. The quantitative estimate of drug-likeness (QED) is 0.326. The Morgan fingerprint density at radius 2 is 1.72 bits per heavy atom. The monoisotopic (exact) mass is 523 g/mol. The van der Waals surface area contributed by atoms with E-state index in [1.807, 2.05) is 54.8 Å². The molecule has 4 aromatic rings. The van der Waals surface area contributed by atoms with Gasteiger partial charge in [0.15, 0.2) is 0 Å². The van der Waals surface area contributed by atoms with Crippen LogP contribution in [0.3, 0.4) is 0 Å². The molecule has 0 aliphatic heterocycles. The Morgan fingerprint density at radius 1 is 1.03 bits per heavy atom. The van der Waals surface area contributed by atoms with Crippen LogP contribution in [0, 0.1) is 0 Å². The molecule has 1 aliphatic carbocycles. The third-order valence-corrected chi connectivity index (χ3v) is 7.24. The number of hydrogen-bond acceptors (Lipinski definition) is 3. The number of nitrogens with zero attached hydrogens (tertiary/aromatic N) is 1. The van der Waals surface area contributed by atoms with E-state index in [0.717, 1.165) is 33.2 Å². The SMILES string of the molecule is CC1=c2ccccc2=C(c2nc(-c3ccccc3Cl)cs2)/C1=C/c1ccc(C(F)(F)F)cc1C(=O)O. The molecule has 36 heavy (non-hydrogen) atoms. The van der Waals surface area contributed by atoms with E-state index in [4.69, 9.17) is 16.6 Å². The van der Waals surface area contributed by atoms with Gasteiger partial charge in [0.1, 0.15) is 5.01 Å². The molecular formula is C28H17ClF3NO2S. The van der Waals surface area contributed by atoms with Crippen LogP contribution in [0.15, 0.2) is 77.7 Å². The maximum atomic E-state index is 13.2. The normalized spacial score (nSPS) is 14.4. The first-order valence-electron chi connectivity index (χ1n) is 10.8. The molecule has 0 fully saturated rings. The summed E-state index contributed by atoms with van der Waals surface area (Å²) in [6.45, 7) is 1.91. The number of fused-ring (bicyclic) bond motifs is 1. The number of aromatic nitrogens is 1. The van der Waals surface area contributed by atoms with Crippen LogP contribution in [0.2, 0.25) is 5.02 Å². The lowest BCUT2D eigenvalue weighted by Gasteiger charge is -2.11. The molecule has 180 valence electrons. The Kier molecular flexibility index (Phi) is 6.06. The predicted molar refractivity (Wildman–Crippen MR) is 136 cm³/mol. The van der Waals surface area contributed by atoms with E-state index in [1.165, 1.54) is 17.4 Å². The average molecular weight is 524 g/mol. The molecular weight excluding hydrogens is 507 g/mol. The summed E-state index contributed by atoms with van der Waals surface area (Å²) in [6, 6.07) is 17.9. The number of carboxylic acid groups (broad SMARTS) is 1. The fraction of sp³-hybridized carbons (Fsp3) is 0.0714. The highest BCUT2D eigenvalue weighted by atomic mass is 35.5. The van der Waals surface area contributed by atoms with E-state index >= 15 is 0 Å². The van der Waals surface area contributed by atoms with Gasteiger partial charge in [0, 0.05) is 21.5 Å². The number of carboxylic acids is 1. The van der Waals surface area contributed by atoms with E-state index in [1.54, 1.807) is 12.1 Å².